The van der Waals surface area contributed by atoms with E-state index in [0.29, 0.717) is 38.2 Å². The van der Waals surface area contributed by atoms with Gasteiger partial charge in [-0.1, -0.05) is 84.4 Å². The standard InChI is InChI=1S/C38H43N3O5S/c1-29-10-12-32(13-11-29)27-39-38(43)36(26-31-8-4-3-5-9-31)41(28-33-14-19-34(46-2)20-15-33)37(42)23-18-30-16-21-35(22-17-30)47(44,45)40-24-6-7-25-40/h3-5,8-17,19-22,36H,6-7,18,23-28H2,1-2H3,(H,39,43)/t36-/m1/s1. The van der Waals surface area contributed by atoms with Gasteiger partial charge in [-0.3, -0.25) is 9.59 Å². The minimum Gasteiger partial charge on any atom is -0.497 e. The molecule has 1 aliphatic heterocycles. The number of hydrogen-bond donors (Lipinski definition) is 1. The summed E-state index contributed by atoms with van der Waals surface area (Å²) in [6.45, 7) is 3.70. The first kappa shape index (κ1) is 33.9. The fourth-order valence-electron chi connectivity index (χ4n) is 5.80. The van der Waals surface area contributed by atoms with Crippen molar-refractivity contribution in [2.75, 3.05) is 20.2 Å². The number of nitrogens with zero attached hydrogens (tertiary/aromatic N) is 2. The molecular weight excluding hydrogens is 611 g/mol. The van der Waals surface area contributed by atoms with Crippen LogP contribution in [0.25, 0.3) is 0 Å². The van der Waals surface area contributed by atoms with E-state index in [1.54, 1.807) is 36.3 Å². The number of nitrogens with one attached hydrogen (secondary N) is 1. The zero-order valence-electron chi connectivity index (χ0n) is 27.1. The second kappa shape index (κ2) is 15.9. The summed E-state index contributed by atoms with van der Waals surface area (Å²) in [7, 11) is -1.91. The third-order valence-corrected chi connectivity index (χ3v) is 10.5. The van der Waals surface area contributed by atoms with E-state index in [-0.39, 0.29) is 29.7 Å². The number of amides is 2. The van der Waals surface area contributed by atoms with Crippen LogP contribution in [0.3, 0.4) is 0 Å². The molecule has 2 amide bonds. The quantitative estimate of drug-likeness (QED) is 0.189. The van der Waals surface area contributed by atoms with E-state index in [1.165, 1.54) is 4.31 Å². The average molecular weight is 654 g/mol. The molecule has 0 aromatic heterocycles. The van der Waals surface area contributed by atoms with Gasteiger partial charge in [0, 0.05) is 39.0 Å². The Balaban J connectivity index is 1.37. The predicted octanol–water partition coefficient (Wildman–Crippen LogP) is 5.68. The summed E-state index contributed by atoms with van der Waals surface area (Å²) in [4.78, 5) is 30.0. The van der Waals surface area contributed by atoms with Gasteiger partial charge < -0.3 is 15.0 Å². The van der Waals surface area contributed by atoms with Crippen LogP contribution >= 0.6 is 0 Å². The van der Waals surface area contributed by atoms with Crippen LogP contribution in [-0.2, 0) is 45.5 Å². The van der Waals surface area contributed by atoms with Crippen LogP contribution in [-0.4, -0.2) is 55.7 Å². The zero-order chi connectivity index (χ0) is 33.2. The summed E-state index contributed by atoms with van der Waals surface area (Å²) in [6.07, 6.45) is 2.67. The Labute approximate surface area is 278 Å². The number of aryl methyl sites for hydroxylation is 2. The molecule has 5 rings (SSSR count). The Kier molecular flexibility index (Phi) is 11.5. The first-order chi connectivity index (χ1) is 22.7. The first-order valence-electron chi connectivity index (χ1n) is 16.1. The minimum atomic E-state index is -3.51. The lowest BCUT2D eigenvalue weighted by molar-refractivity contribution is -0.141. The van der Waals surface area contributed by atoms with E-state index < -0.39 is 16.1 Å². The number of ether oxygens (including phenoxy) is 1. The third kappa shape index (κ3) is 9.08. The highest BCUT2D eigenvalue weighted by molar-refractivity contribution is 7.89. The van der Waals surface area contributed by atoms with E-state index in [0.717, 1.165) is 40.7 Å². The van der Waals surface area contributed by atoms with Gasteiger partial charge in [0.05, 0.1) is 12.0 Å². The number of hydrogen-bond acceptors (Lipinski definition) is 5. The molecule has 0 spiro atoms. The molecule has 47 heavy (non-hydrogen) atoms. The number of carbonyl (C=O) groups excluding carboxylic acids is 2. The van der Waals surface area contributed by atoms with Crippen molar-refractivity contribution in [3.8, 4) is 5.75 Å². The van der Waals surface area contributed by atoms with Gasteiger partial charge >= 0.3 is 0 Å². The molecule has 1 fully saturated rings. The SMILES string of the molecule is COc1ccc(CN(C(=O)CCc2ccc(S(=O)(=O)N3CCCC3)cc2)[C@H](Cc2ccccc2)C(=O)NCc2ccc(C)cc2)cc1. The largest absolute Gasteiger partial charge is 0.497 e. The maximum absolute atomic E-state index is 14.1. The third-order valence-electron chi connectivity index (χ3n) is 8.62. The van der Waals surface area contributed by atoms with Crippen molar-refractivity contribution in [2.45, 2.75) is 63.1 Å². The van der Waals surface area contributed by atoms with Crippen LogP contribution in [0.5, 0.6) is 5.75 Å². The van der Waals surface area contributed by atoms with E-state index in [9.17, 15) is 18.0 Å². The fourth-order valence-corrected chi connectivity index (χ4v) is 7.31. The minimum absolute atomic E-state index is 0.158. The van der Waals surface area contributed by atoms with Gasteiger partial charge in [0.25, 0.3) is 0 Å². The van der Waals surface area contributed by atoms with Crippen molar-refractivity contribution in [1.82, 2.24) is 14.5 Å². The Morgan fingerprint density at radius 1 is 0.809 bits per heavy atom. The van der Waals surface area contributed by atoms with Crippen molar-refractivity contribution in [2.24, 2.45) is 0 Å². The molecule has 0 bridgehead atoms. The molecule has 0 radical (unpaired) electrons. The van der Waals surface area contributed by atoms with Crippen molar-refractivity contribution >= 4 is 21.8 Å². The van der Waals surface area contributed by atoms with Crippen molar-refractivity contribution in [1.29, 1.82) is 0 Å². The molecule has 1 N–H and O–H groups in total. The van der Waals surface area contributed by atoms with Crippen molar-refractivity contribution in [3.05, 3.63) is 131 Å². The van der Waals surface area contributed by atoms with E-state index in [4.69, 9.17) is 4.74 Å². The van der Waals surface area contributed by atoms with E-state index in [2.05, 4.69) is 5.32 Å². The number of sulfonamides is 1. The van der Waals surface area contributed by atoms with Crippen LogP contribution in [0.1, 0.15) is 47.1 Å². The topological polar surface area (TPSA) is 96.0 Å². The lowest BCUT2D eigenvalue weighted by Gasteiger charge is -2.32. The number of methoxy groups -OCH3 is 1. The maximum Gasteiger partial charge on any atom is 0.243 e. The van der Waals surface area contributed by atoms with Gasteiger partial charge in [0.2, 0.25) is 21.8 Å². The van der Waals surface area contributed by atoms with E-state index in [1.807, 2.05) is 85.8 Å². The molecule has 1 saturated heterocycles. The molecule has 1 heterocycles. The van der Waals surface area contributed by atoms with Gasteiger partial charge in [-0.15, -0.1) is 0 Å². The summed E-state index contributed by atoms with van der Waals surface area (Å²) in [6, 6.07) is 31.3. The molecule has 246 valence electrons. The molecule has 0 unspecified atom stereocenters. The van der Waals surface area contributed by atoms with Crippen LogP contribution in [0.4, 0.5) is 0 Å². The van der Waals surface area contributed by atoms with Gasteiger partial charge in [-0.05, 0) is 72.7 Å². The van der Waals surface area contributed by atoms with Gasteiger partial charge in [0.1, 0.15) is 11.8 Å². The van der Waals surface area contributed by atoms with Gasteiger partial charge in [-0.2, -0.15) is 4.31 Å². The van der Waals surface area contributed by atoms with E-state index >= 15 is 0 Å². The lowest BCUT2D eigenvalue weighted by atomic mass is 10.0. The highest BCUT2D eigenvalue weighted by Gasteiger charge is 2.31. The highest BCUT2D eigenvalue weighted by Crippen LogP contribution is 2.23. The lowest BCUT2D eigenvalue weighted by Crippen LogP contribution is -2.50. The van der Waals surface area contributed by atoms with Crippen molar-refractivity contribution in [3.63, 3.8) is 0 Å². The zero-order valence-corrected chi connectivity index (χ0v) is 27.9. The molecule has 1 aliphatic rings. The Morgan fingerprint density at radius 2 is 1.43 bits per heavy atom. The normalized spacial score (nSPS) is 14.0. The second-order valence-electron chi connectivity index (χ2n) is 12.0. The highest BCUT2D eigenvalue weighted by atomic mass is 32.2. The Morgan fingerprint density at radius 3 is 2.06 bits per heavy atom. The molecule has 4 aromatic rings. The van der Waals surface area contributed by atoms with Crippen LogP contribution in [0.2, 0.25) is 0 Å². The van der Waals surface area contributed by atoms with Crippen LogP contribution in [0, 0.1) is 6.92 Å². The summed E-state index contributed by atoms with van der Waals surface area (Å²) in [5.74, 6) is 0.312. The Hall–Kier alpha value is -4.47. The molecule has 4 aromatic carbocycles. The molecule has 8 nitrogen and oxygen atoms in total. The van der Waals surface area contributed by atoms with Gasteiger partial charge in [0.15, 0.2) is 0 Å². The summed E-state index contributed by atoms with van der Waals surface area (Å²) < 4.78 is 32.8. The van der Waals surface area contributed by atoms with Crippen molar-refractivity contribution < 1.29 is 22.7 Å². The molecule has 0 aliphatic carbocycles. The monoisotopic (exact) mass is 653 g/mol. The summed E-state index contributed by atoms with van der Waals surface area (Å²) in [5.41, 5.74) is 4.80. The fraction of sp³-hybridized carbons (Fsp3) is 0.316. The van der Waals surface area contributed by atoms with Crippen LogP contribution in [0.15, 0.2) is 108 Å². The Bertz CT molecular complexity index is 1720. The maximum atomic E-state index is 14.1. The molecular formula is C38H43N3O5S. The van der Waals surface area contributed by atoms with Gasteiger partial charge in [-0.25, -0.2) is 8.42 Å². The number of carbonyl (C=O) groups is 2. The molecule has 9 heteroatoms. The summed E-state index contributed by atoms with van der Waals surface area (Å²) in [5, 5.41) is 3.08. The second-order valence-corrected chi connectivity index (χ2v) is 14.0. The summed E-state index contributed by atoms with van der Waals surface area (Å²) >= 11 is 0. The average Bonchev–Trinajstić information content (AvgIpc) is 3.66. The number of benzene rings is 4. The number of rotatable bonds is 14. The molecule has 0 saturated carbocycles. The first-order valence-corrected chi connectivity index (χ1v) is 17.6. The molecule has 1 atom stereocenters. The van der Waals surface area contributed by atoms with Crippen LogP contribution < -0.4 is 10.1 Å². The smallest absolute Gasteiger partial charge is 0.243 e. The predicted molar refractivity (Wildman–Crippen MR) is 183 cm³/mol.